The van der Waals surface area contributed by atoms with Crippen molar-refractivity contribution in [2.75, 3.05) is 25.1 Å². The number of allylic oxidation sites excluding steroid dienone is 2. The summed E-state index contributed by atoms with van der Waals surface area (Å²) in [6.07, 6.45) is 6.23. The lowest BCUT2D eigenvalue weighted by Gasteiger charge is -2.36. The highest BCUT2D eigenvalue weighted by atomic mass is 35.5. The van der Waals surface area contributed by atoms with E-state index in [0.717, 1.165) is 18.5 Å². The van der Waals surface area contributed by atoms with Crippen molar-refractivity contribution in [3.63, 3.8) is 0 Å². The molecule has 0 bridgehead atoms. The summed E-state index contributed by atoms with van der Waals surface area (Å²) in [6.45, 7) is 1.18. The van der Waals surface area contributed by atoms with Crippen molar-refractivity contribution < 1.29 is 9.53 Å². The van der Waals surface area contributed by atoms with E-state index in [4.69, 9.17) is 11.6 Å². The molecule has 1 aromatic carbocycles. The van der Waals surface area contributed by atoms with Gasteiger partial charge in [-0.05, 0) is 31.0 Å². The summed E-state index contributed by atoms with van der Waals surface area (Å²) in [7, 11) is 1.37. The molecule has 22 heavy (non-hydrogen) atoms. The fourth-order valence-corrected chi connectivity index (χ4v) is 3.91. The first kappa shape index (κ1) is 15.3. The number of carbonyl (C=O) groups is 1. The number of anilines is 1. The quantitative estimate of drug-likeness (QED) is 0.899. The summed E-state index contributed by atoms with van der Waals surface area (Å²) in [4.78, 5) is 15.9. The van der Waals surface area contributed by atoms with E-state index >= 15 is 0 Å². The molecule has 1 amide bonds. The van der Waals surface area contributed by atoms with Crippen LogP contribution >= 0.6 is 23.4 Å². The number of nitrogens with zero attached hydrogens (tertiary/aromatic N) is 1. The van der Waals surface area contributed by atoms with Crippen molar-refractivity contribution in [1.82, 2.24) is 5.32 Å². The lowest BCUT2D eigenvalue weighted by Crippen LogP contribution is -2.36. The molecule has 3 rings (SSSR count). The van der Waals surface area contributed by atoms with Crippen molar-refractivity contribution in [2.24, 2.45) is 0 Å². The Hall–Kier alpha value is -1.59. The summed E-state index contributed by atoms with van der Waals surface area (Å²) in [5, 5.41) is 3.45. The average Bonchev–Trinajstić information content (AvgIpc) is 2.54. The second-order valence-corrected chi connectivity index (χ2v) is 6.54. The van der Waals surface area contributed by atoms with Crippen molar-refractivity contribution >= 4 is 35.1 Å². The fourth-order valence-electron chi connectivity index (χ4n) is 2.60. The summed E-state index contributed by atoms with van der Waals surface area (Å²) in [6, 6.07) is 5.94. The van der Waals surface area contributed by atoms with Gasteiger partial charge in [0.1, 0.15) is 0 Å². The number of fused-ring (bicyclic) bond motifs is 2. The van der Waals surface area contributed by atoms with Crippen LogP contribution in [0, 0.1) is 0 Å². The Morgan fingerprint density at radius 3 is 3.05 bits per heavy atom. The predicted molar refractivity (Wildman–Crippen MR) is 90.5 cm³/mol. The average molecular weight is 337 g/mol. The highest BCUT2D eigenvalue weighted by Gasteiger charge is 2.26. The van der Waals surface area contributed by atoms with E-state index in [9.17, 15) is 4.79 Å². The molecule has 116 valence electrons. The number of ether oxygens (including phenoxy) is 1. The number of thioether (sulfide) groups is 1. The van der Waals surface area contributed by atoms with Gasteiger partial charge in [0.15, 0.2) is 0 Å². The second-order valence-electron chi connectivity index (χ2n) is 5.02. The van der Waals surface area contributed by atoms with E-state index in [1.807, 2.05) is 12.1 Å². The van der Waals surface area contributed by atoms with E-state index in [1.54, 1.807) is 11.8 Å². The fraction of sp³-hybridized carbons (Fsp3) is 0.312. The van der Waals surface area contributed by atoms with Crippen LogP contribution in [0.15, 0.2) is 45.8 Å². The largest absolute Gasteiger partial charge is 0.453 e. The first-order valence-corrected chi connectivity index (χ1v) is 8.36. The van der Waals surface area contributed by atoms with Gasteiger partial charge >= 0.3 is 6.09 Å². The molecule has 1 aliphatic heterocycles. The van der Waals surface area contributed by atoms with Crippen LogP contribution < -0.4 is 10.2 Å². The molecule has 0 saturated heterocycles. The minimum Gasteiger partial charge on any atom is -0.453 e. The number of hydrogen-bond acceptors (Lipinski definition) is 4. The SMILES string of the molecule is COC(=O)NCCN1C2=CCCC=C2Sc2ccc(Cl)cc21. The third-order valence-electron chi connectivity index (χ3n) is 3.60. The van der Waals surface area contributed by atoms with Crippen LogP contribution in [0.3, 0.4) is 0 Å². The number of benzene rings is 1. The minimum absolute atomic E-state index is 0.411. The van der Waals surface area contributed by atoms with Gasteiger partial charge in [-0.25, -0.2) is 4.79 Å². The molecule has 1 N–H and O–H groups in total. The maximum absolute atomic E-state index is 11.2. The number of methoxy groups -OCH3 is 1. The molecule has 1 heterocycles. The maximum Gasteiger partial charge on any atom is 0.406 e. The van der Waals surface area contributed by atoms with Gasteiger partial charge in [-0.15, -0.1) is 0 Å². The Kier molecular flexibility index (Phi) is 4.64. The zero-order valence-corrected chi connectivity index (χ0v) is 13.8. The van der Waals surface area contributed by atoms with Crippen LogP contribution in [0.5, 0.6) is 0 Å². The van der Waals surface area contributed by atoms with Crippen LogP contribution in [0.2, 0.25) is 5.02 Å². The molecule has 6 heteroatoms. The van der Waals surface area contributed by atoms with Gasteiger partial charge in [0.05, 0.1) is 18.5 Å². The van der Waals surface area contributed by atoms with Gasteiger partial charge in [0.25, 0.3) is 0 Å². The van der Waals surface area contributed by atoms with Crippen LogP contribution in [-0.2, 0) is 4.74 Å². The van der Waals surface area contributed by atoms with Crippen LogP contribution in [0.1, 0.15) is 12.8 Å². The Balaban J connectivity index is 1.87. The molecule has 0 saturated carbocycles. The van der Waals surface area contributed by atoms with Gasteiger partial charge < -0.3 is 15.0 Å². The van der Waals surface area contributed by atoms with Crippen molar-refractivity contribution in [2.45, 2.75) is 17.7 Å². The maximum atomic E-state index is 11.2. The number of rotatable bonds is 3. The molecule has 2 aliphatic rings. The number of nitrogens with one attached hydrogen (secondary N) is 1. The monoisotopic (exact) mass is 336 g/mol. The van der Waals surface area contributed by atoms with Crippen molar-refractivity contribution in [3.8, 4) is 0 Å². The van der Waals surface area contributed by atoms with E-state index in [2.05, 4.69) is 33.2 Å². The topological polar surface area (TPSA) is 41.6 Å². The highest BCUT2D eigenvalue weighted by Crippen LogP contribution is 2.48. The molecule has 0 aromatic heterocycles. The molecule has 0 unspecified atom stereocenters. The van der Waals surface area contributed by atoms with E-state index in [1.165, 1.54) is 22.6 Å². The molecule has 0 spiro atoms. The number of alkyl carbamates (subject to hydrolysis) is 1. The summed E-state index contributed by atoms with van der Waals surface area (Å²) in [5.74, 6) is 0. The van der Waals surface area contributed by atoms with Crippen LogP contribution in [0.25, 0.3) is 0 Å². The van der Waals surface area contributed by atoms with Gasteiger partial charge in [-0.3, -0.25) is 0 Å². The van der Waals surface area contributed by atoms with Gasteiger partial charge in [0, 0.05) is 27.9 Å². The molecule has 0 radical (unpaired) electrons. The van der Waals surface area contributed by atoms with Gasteiger partial charge in [-0.1, -0.05) is 35.5 Å². The Labute approximate surface area is 139 Å². The Bertz CT molecular complexity index is 658. The van der Waals surface area contributed by atoms with Crippen molar-refractivity contribution in [1.29, 1.82) is 0 Å². The summed E-state index contributed by atoms with van der Waals surface area (Å²) >= 11 is 7.94. The standard InChI is InChI=1S/C16H17ClN2O2S/c1-21-16(20)18-8-9-19-12-4-2-3-5-14(12)22-15-7-6-11(17)10-13(15)19/h4-7,10H,2-3,8-9H2,1H3,(H,18,20). The molecule has 0 fully saturated rings. The third-order valence-corrected chi connectivity index (χ3v) is 5.00. The first-order chi connectivity index (χ1) is 10.7. The predicted octanol–water partition coefficient (Wildman–Crippen LogP) is 4.17. The highest BCUT2D eigenvalue weighted by molar-refractivity contribution is 8.03. The van der Waals surface area contributed by atoms with E-state index < -0.39 is 6.09 Å². The number of hydrogen-bond donors (Lipinski definition) is 1. The zero-order chi connectivity index (χ0) is 15.5. The van der Waals surface area contributed by atoms with E-state index in [-0.39, 0.29) is 0 Å². The number of halogens is 1. The molecule has 0 atom stereocenters. The molecule has 4 nitrogen and oxygen atoms in total. The molecule has 1 aromatic rings. The molecule has 1 aliphatic carbocycles. The minimum atomic E-state index is -0.411. The molecular formula is C16H17ClN2O2S. The number of amides is 1. The second kappa shape index (κ2) is 6.67. The Morgan fingerprint density at radius 2 is 2.23 bits per heavy atom. The van der Waals surface area contributed by atoms with E-state index in [0.29, 0.717) is 18.1 Å². The zero-order valence-electron chi connectivity index (χ0n) is 12.3. The first-order valence-electron chi connectivity index (χ1n) is 7.16. The van der Waals surface area contributed by atoms with Crippen LogP contribution in [0.4, 0.5) is 10.5 Å². The smallest absolute Gasteiger partial charge is 0.406 e. The lowest BCUT2D eigenvalue weighted by molar-refractivity contribution is 0.171. The third kappa shape index (κ3) is 3.10. The molecular weight excluding hydrogens is 320 g/mol. The summed E-state index contributed by atoms with van der Waals surface area (Å²) in [5.41, 5.74) is 2.30. The number of carbonyl (C=O) groups excluding carboxylic acids is 1. The summed E-state index contributed by atoms with van der Waals surface area (Å²) < 4.78 is 4.62. The van der Waals surface area contributed by atoms with Gasteiger partial charge in [0.2, 0.25) is 0 Å². The van der Waals surface area contributed by atoms with Crippen LogP contribution in [-0.4, -0.2) is 26.3 Å². The Morgan fingerprint density at radius 1 is 1.41 bits per heavy atom. The van der Waals surface area contributed by atoms with Gasteiger partial charge in [-0.2, -0.15) is 0 Å². The van der Waals surface area contributed by atoms with Crippen molar-refractivity contribution in [3.05, 3.63) is 46.0 Å². The normalized spacial score (nSPS) is 16.2. The lowest BCUT2D eigenvalue weighted by atomic mass is 10.1.